The van der Waals surface area contributed by atoms with Crippen LogP contribution in [0.1, 0.15) is 90.9 Å². The van der Waals surface area contributed by atoms with Gasteiger partial charge in [0.2, 0.25) is 0 Å². The summed E-state index contributed by atoms with van der Waals surface area (Å²) in [5.74, 6) is 2.23. The van der Waals surface area contributed by atoms with E-state index in [0.29, 0.717) is 11.1 Å². The Bertz CT molecular complexity index is 442. The molecule has 0 radical (unpaired) electrons. The zero-order chi connectivity index (χ0) is 17.7. The summed E-state index contributed by atoms with van der Waals surface area (Å²) in [7, 11) is 1.74. The van der Waals surface area contributed by atoms with Crippen molar-refractivity contribution in [1.29, 1.82) is 0 Å². The lowest BCUT2D eigenvalue weighted by molar-refractivity contribution is 0.206. The van der Waals surface area contributed by atoms with Crippen LogP contribution < -0.4 is 0 Å². The highest BCUT2D eigenvalue weighted by Crippen LogP contribution is 2.71. The zero-order valence-electron chi connectivity index (χ0n) is 17.1. The van der Waals surface area contributed by atoms with Crippen LogP contribution in [0.4, 0.5) is 0 Å². The van der Waals surface area contributed by atoms with Crippen molar-refractivity contribution in [2.45, 2.75) is 102 Å². The average molecular weight is 365 g/mol. The molecule has 4 rings (SSSR count). The van der Waals surface area contributed by atoms with Crippen LogP contribution in [0.15, 0.2) is 0 Å². The first kappa shape index (κ1) is 18.5. The molecule has 4 saturated carbocycles. The quantitative estimate of drug-likeness (QED) is 0.371. The number of fused-ring (bicyclic) bond motifs is 2. The average Bonchev–Trinajstić information content (AvgIpc) is 3.32. The molecular weight excluding hydrogens is 324 g/mol. The molecule has 3 heteroatoms. The highest BCUT2D eigenvalue weighted by Gasteiger charge is 2.60. The predicted molar refractivity (Wildman–Crippen MR) is 106 cm³/mol. The van der Waals surface area contributed by atoms with E-state index in [4.69, 9.17) is 8.85 Å². The van der Waals surface area contributed by atoms with Gasteiger partial charge >= 0.3 is 8.56 Å². The summed E-state index contributed by atoms with van der Waals surface area (Å²) < 4.78 is 12.4. The summed E-state index contributed by atoms with van der Waals surface area (Å²) in [6, 6.07) is 0. The highest BCUT2D eigenvalue weighted by atomic mass is 28.4. The minimum absolute atomic E-state index is 0.613. The van der Waals surface area contributed by atoms with Gasteiger partial charge in [0.05, 0.1) is 0 Å². The predicted octanol–water partition coefficient (Wildman–Crippen LogP) is 6.44. The minimum Gasteiger partial charge on any atom is -0.397 e. The summed E-state index contributed by atoms with van der Waals surface area (Å²) in [4.78, 5) is 0. The molecule has 0 spiro atoms. The zero-order valence-corrected chi connectivity index (χ0v) is 18.1. The first-order chi connectivity index (χ1) is 12.0. The van der Waals surface area contributed by atoms with Crippen molar-refractivity contribution in [1.82, 2.24) is 0 Å². The summed E-state index contributed by atoms with van der Waals surface area (Å²) in [6.07, 6.45) is 17.5. The molecule has 2 nitrogen and oxygen atoms in total. The number of hydrogen-bond acceptors (Lipinski definition) is 2. The third-order valence-corrected chi connectivity index (χ3v) is 13.9. The molecule has 0 heterocycles. The minimum atomic E-state index is -2.10. The van der Waals surface area contributed by atoms with Crippen LogP contribution in [0.2, 0.25) is 11.1 Å². The van der Waals surface area contributed by atoms with E-state index in [9.17, 15) is 0 Å². The standard InChI is InChI=1S/C22H40O2Si/c1-17(7-5-11-21-13-9-19(21)15-21)25(23-3,24-4)18(2)8-6-12-22-14-10-20(22)16-22/h17-20H,5-16H2,1-4H3. The van der Waals surface area contributed by atoms with Crippen molar-refractivity contribution >= 4 is 8.56 Å². The Hall–Kier alpha value is 0.137. The number of hydrogen-bond donors (Lipinski definition) is 0. The van der Waals surface area contributed by atoms with E-state index in [1.807, 2.05) is 14.2 Å². The Labute approximate surface area is 156 Å². The van der Waals surface area contributed by atoms with Crippen molar-refractivity contribution in [3.8, 4) is 0 Å². The summed E-state index contributed by atoms with van der Waals surface area (Å²) in [6.45, 7) is 4.83. The van der Waals surface area contributed by atoms with Gasteiger partial charge in [-0.05, 0) is 86.9 Å². The van der Waals surface area contributed by atoms with Gasteiger partial charge in [0.15, 0.2) is 0 Å². The first-order valence-electron chi connectivity index (χ1n) is 11.1. The third-order valence-electron chi connectivity index (χ3n) is 9.33. The second-order valence-electron chi connectivity index (χ2n) is 10.3. The van der Waals surface area contributed by atoms with E-state index in [-0.39, 0.29) is 0 Å². The second-order valence-corrected chi connectivity index (χ2v) is 14.6. The fourth-order valence-corrected chi connectivity index (χ4v) is 10.9. The molecule has 25 heavy (non-hydrogen) atoms. The van der Waals surface area contributed by atoms with Crippen LogP contribution in [-0.2, 0) is 8.85 Å². The van der Waals surface area contributed by atoms with Gasteiger partial charge in [-0.1, -0.05) is 26.7 Å². The lowest BCUT2D eigenvalue weighted by atomic mass is 9.81. The van der Waals surface area contributed by atoms with Crippen LogP contribution in [0.25, 0.3) is 0 Å². The normalized spacial score (nSPS) is 40.3. The van der Waals surface area contributed by atoms with Crippen LogP contribution in [0, 0.1) is 22.7 Å². The molecule has 144 valence electrons. The van der Waals surface area contributed by atoms with Gasteiger partial charge in [0, 0.05) is 25.3 Å². The van der Waals surface area contributed by atoms with E-state index in [1.54, 1.807) is 0 Å². The molecular formula is C22H40O2Si. The molecule has 4 aliphatic rings. The molecule has 0 aliphatic heterocycles. The van der Waals surface area contributed by atoms with Crippen LogP contribution in [0.3, 0.4) is 0 Å². The largest absolute Gasteiger partial charge is 0.397 e. The molecule has 0 bridgehead atoms. The molecule has 0 saturated heterocycles. The molecule has 6 atom stereocenters. The highest BCUT2D eigenvalue weighted by molar-refractivity contribution is 6.70. The lowest BCUT2D eigenvalue weighted by Gasteiger charge is -2.39. The maximum absolute atomic E-state index is 6.19. The maximum atomic E-state index is 6.19. The van der Waals surface area contributed by atoms with Crippen molar-refractivity contribution in [2.75, 3.05) is 14.2 Å². The van der Waals surface area contributed by atoms with Crippen LogP contribution >= 0.6 is 0 Å². The lowest BCUT2D eigenvalue weighted by Crippen LogP contribution is -2.48. The van der Waals surface area contributed by atoms with Gasteiger partial charge in [-0.25, -0.2) is 0 Å². The smallest absolute Gasteiger partial charge is 0.343 e. The van der Waals surface area contributed by atoms with E-state index < -0.39 is 8.56 Å². The van der Waals surface area contributed by atoms with Crippen LogP contribution in [0.5, 0.6) is 0 Å². The van der Waals surface area contributed by atoms with Crippen LogP contribution in [-0.4, -0.2) is 22.8 Å². The monoisotopic (exact) mass is 364 g/mol. The Morgan fingerprint density at radius 3 is 1.52 bits per heavy atom. The fraction of sp³-hybridized carbons (Fsp3) is 1.00. The Balaban J connectivity index is 1.24. The molecule has 4 fully saturated rings. The Morgan fingerprint density at radius 1 is 0.840 bits per heavy atom. The van der Waals surface area contributed by atoms with Gasteiger partial charge in [-0.2, -0.15) is 0 Å². The molecule has 4 aliphatic carbocycles. The van der Waals surface area contributed by atoms with Gasteiger partial charge in [-0.3, -0.25) is 0 Å². The molecule has 0 aromatic carbocycles. The van der Waals surface area contributed by atoms with E-state index in [2.05, 4.69) is 13.8 Å². The SMILES string of the molecule is CO[Si](OC)(C(C)CCCC12CCC1C2)C(C)CCCC12CCC1C2. The van der Waals surface area contributed by atoms with Crippen molar-refractivity contribution in [3.63, 3.8) is 0 Å². The molecule has 0 N–H and O–H groups in total. The van der Waals surface area contributed by atoms with Crippen molar-refractivity contribution in [3.05, 3.63) is 0 Å². The number of rotatable bonds is 12. The van der Waals surface area contributed by atoms with Crippen molar-refractivity contribution in [2.24, 2.45) is 22.7 Å². The van der Waals surface area contributed by atoms with Gasteiger partial charge in [0.1, 0.15) is 0 Å². The maximum Gasteiger partial charge on any atom is 0.343 e. The molecule has 0 aromatic heterocycles. The summed E-state index contributed by atoms with van der Waals surface area (Å²) in [5.41, 5.74) is 2.86. The van der Waals surface area contributed by atoms with Gasteiger partial charge < -0.3 is 8.85 Å². The summed E-state index contributed by atoms with van der Waals surface area (Å²) in [5, 5.41) is 0. The van der Waals surface area contributed by atoms with Gasteiger partial charge in [-0.15, -0.1) is 0 Å². The van der Waals surface area contributed by atoms with E-state index in [1.165, 1.54) is 77.0 Å². The fourth-order valence-electron chi connectivity index (χ4n) is 6.94. The van der Waals surface area contributed by atoms with E-state index >= 15 is 0 Å². The molecule has 0 aromatic rings. The van der Waals surface area contributed by atoms with E-state index in [0.717, 1.165) is 22.7 Å². The first-order valence-corrected chi connectivity index (χ1v) is 13.1. The van der Waals surface area contributed by atoms with Gasteiger partial charge in [0.25, 0.3) is 0 Å². The Morgan fingerprint density at radius 2 is 1.28 bits per heavy atom. The summed E-state index contributed by atoms with van der Waals surface area (Å²) >= 11 is 0. The second kappa shape index (κ2) is 6.63. The third kappa shape index (κ3) is 3.06. The van der Waals surface area contributed by atoms with Crippen molar-refractivity contribution < 1.29 is 8.85 Å². The molecule has 0 amide bonds. The topological polar surface area (TPSA) is 18.5 Å². The molecule has 6 unspecified atom stereocenters. The Kier molecular flexibility index (Phi) is 4.91.